The highest BCUT2D eigenvalue weighted by molar-refractivity contribution is 7.17. The predicted octanol–water partition coefficient (Wildman–Crippen LogP) is 5.81. The van der Waals surface area contributed by atoms with Crippen molar-refractivity contribution < 1.29 is 4.79 Å². The summed E-state index contributed by atoms with van der Waals surface area (Å²) in [5, 5.41) is 5.17. The normalized spacial score (nSPS) is 11.0. The lowest BCUT2D eigenvalue weighted by Gasteiger charge is -2.12. The Hall–Kier alpha value is -2.85. The molecule has 0 unspecified atom stereocenters. The van der Waals surface area contributed by atoms with E-state index in [4.69, 9.17) is 0 Å². The number of fused-ring (bicyclic) bond motifs is 1. The molecule has 136 valence electrons. The lowest BCUT2D eigenvalue weighted by molar-refractivity contribution is 0.101. The highest BCUT2D eigenvalue weighted by Gasteiger charge is 2.17. The van der Waals surface area contributed by atoms with E-state index in [1.54, 1.807) is 11.3 Å². The fourth-order valence-electron chi connectivity index (χ4n) is 3.43. The maximum absolute atomic E-state index is 13.0. The zero-order chi connectivity index (χ0) is 18.8. The first-order chi connectivity index (χ1) is 13.1. The molecule has 0 radical (unpaired) electrons. The molecule has 0 aliphatic rings. The van der Waals surface area contributed by atoms with Crippen LogP contribution in [0.4, 0.5) is 5.69 Å². The Balaban J connectivity index is 1.62. The molecule has 2 aromatic carbocycles. The van der Waals surface area contributed by atoms with Gasteiger partial charge in [0, 0.05) is 12.2 Å². The monoisotopic (exact) mass is 374 g/mol. The van der Waals surface area contributed by atoms with Crippen molar-refractivity contribution in [3.05, 3.63) is 88.4 Å². The van der Waals surface area contributed by atoms with Crippen LogP contribution in [0.15, 0.2) is 66.0 Å². The molecule has 0 bridgehead atoms. The Bertz CT molecular complexity index is 1090. The third kappa shape index (κ3) is 3.67. The van der Waals surface area contributed by atoms with Crippen molar-refractivity contribution in [2.75, 3.05) is 5.32 Å². The van der Waals surface area contributed by atoms with Crippen molar-refractivity contribution in [1.29, 1.82) is 0 Å². The summed E-state index contributed by atoms with van der Waals surface area (Å²) >= 11 is 1.67. The Morgan fingerprint density at radius 1 is 1.04 bits per heavy atom. The van der Waals surface area contributed by atoms with E-state index in [-0.39, 0.29) is 5.91 Å². The Morgan fingerprint density at radius 2 is 1.85 bits per heavy atom. The summed E-state index contributed by atoms with van der Waals surface area (Å²) in [7, 11) is 0. The van der Waals surface area contributed by atoms with Crippen LogP contribution < -0.4 is 5.32 Å². The van der Waals surface area contributed by atoms with Crippen molar-refractivity contribution in [3.63, 3.8) is 0 Å². The molecule has 4 heteroatoms. The number of aromatic nitrogens is 1. The molecular formula is C23H22N2OS. The molecular weight excluding hydrogens is 352 g/mol. The van der Waals surface area contributed by atoms with Crippen LogP contribution in [0.2, 0.25) is 0 Å². The molecule has 0 fully saturated rings. The molecule has 1 amide bonds. The summed E-state index contributed by atoms with van der Waals surface area (Å²) in [5.74, 6) is -0.0570. The van der Waals surface area contributed by atoms with E-state index in [0.717, 1.165) is 34.4 Å². The number of rotatable bonds is 5. The van der Waals surface area contributed by atoms with E-state index in [0.29, 0.717) is 5.69 Å². The molecule has 0 aliphatic heterocycles. The fourth-order valence-corrected chi connectivity index (χ4v) is 4.25. The highest BCUT2D eigenvalue weighted by Crippen LogP contribution is 2.27. The number of anilines is 1. The van der Waals surface area contributed by atoms with Crippen LogP contribution in [0.5, 0.6) is 0 Å². The van der Waals surface area contributed by atoms with E-state index >= 15 is 0 Å². The summed E-state index contributed by atoms with van der Waals surface area (Å²) in [6.07, 6.45) is 0.893. The summed E-state index contributed by atoms with van der Waals surface area (Å²) in [6.45, 7) is 4.86. The van der Waals surface area contributed by atoms with Crippen LogP contribution >= 0.6 is 11.3 Å². The lowest BCUT2D eigenvalue weighted by atomic mass is 10.1. The summed E-state index contributed by atoms with van der Waals surface area (Å²) < 4.78 is 3.28. The van der Waals surface area contributed by atoms with Crippen LogP contribution in [0.25, 0.3) is 10.2 Å². The zero-order valence-electron chi connectivity index (χ0n) is 15.5. The number of aryl methyl sites for hydroxylation is 4. The van der Waals surface area contributed by atoms with Gasteiger partial charge in [0.2, 0.25) is 0 Å². The standard InChI is InChI=1S/C23H22N2OS/c1-16-8-9-19(17(2)14-16)24-23(26)21-15-22-20(11-13-27-22)25(21)12-10-18-6-4-3-5-7-18/h3-9,11,13-15H,10,12H2,1-2H3,(H,24,26). The number of carbonyl (C=O) groups excluding carboxylic acids is 1. The van der Waals surface area contributed by atoms with Gasteiger partial charge in [-0.25, -0.2) is 0 Å². The summed E-state index contributed by atoms with van der Waals surface area (Å²) in [4.78, 5) is 13.0. The van der Waals surface area contributed by atoms with Crippen LogP contribution in [0.3, 0.4) is 0 Å². The van der Waals surface area contributed by atoms with Crippen molar-refractivity contribution >= 4 is 33.1 Å². The topological polar surface area (TPSA) is 34.0 Å². The second-order valence-corrected chi connectivity index (χ2v) is 7.81. The molecule has 4 rings (SSSR count). The van der Waals surface area contributed by atoms with Gasteiger partial charge in [0.15, 0.2) is 0 Å². The van der Waals surface area contributed by atoms with Crippen LogP contribution in [-0.2, 0) is 13.0 Å². The van der Waals surface area contributed by atoms with Gasteiger partial charge in [-0.1, -0.05) is 48.0 Å². The second kappa shape index (κ2) is 7.41. The summed E-state index contributed by atoms with van der Waals surface area (Å²) in [6, 6.07) is 20.6. The smallest absolute Gasteiger partial charge is 0.272 e. The Labute approximate surface area is 163 Å². The van der Waals surface area contributed by atoms with Crippen LogP contribution in [-0.4, -0.2) is 10.5 Å². The molecule has 4 aromatic rings. The fraction of sp³-hybridized carbons (Fsp3) is 0.174. The first-order valence-electron chi connectivity index (χ1n) is 9.11. The van der Waals surface area contributed by atoms with E-state index in [2.05, 4.69) is 58.6 Å². The Kier molecular flexibility index (Phi) is 4.82. The maximum atomic E-state index is 13.0. The average Bonchev–Trinajstić information content (AvgIpc) is 3.24. The number of nitrogens with one attached hydrogen (secondary N) is 1. The van der Waals surface area contributed by atoms with Gasteiger partial charge in [0.1, 0.15) is 5.69 Å². The number of carbonyl (C=O) groups is 1. The zero-order valence-corrected chi connectivity index (χ0v) is 16.3. The molecule has 3 nitrogen and oxygen atoms in total. The molecule has 0 aliphatic carbocycles. The van der Waals surface area contributed by atoms with Gasteiger partial charge in [0.25, 0.3) is 5.91 Å². The van der Waals surface area contributed by atoms with E-state index in [9.17, 15) is 4.79 Å². The van der Waals surface area contributed by atoms with Gasteiger partial charge in [0.05, 0.1) is 10.2 Å². The first kappa shape index (κ1) is 17.6. The SMILES string of the molecule is Cc1ccc(NC(=O)c2cc3sccc3n2CCc2ccccc2)c(C)c1. The van der Waals surface area contributed by atoms with Gasteiger partial charge in [-0.3, -0.25) is 4.79 Å². The first-order valence-corrected chi connectivity index (χ1v) is 9.99. The number of amides is 1. The van der Waals surface area contributed by atoms with Crippen LogP contribution in [0.1, 0.15) is 27.2 Å². The third-order valence-corrected chi connectivity index (χ3v) is 5.71. The van der Waals surface area contributed by atoms with Crippen molar-refractivity contribution in [2.45, 2.75) is 26.8 Å². The number of thiophene rings is 1. The minimum absolute atomic E-state index is 0.0570. The van der Waals surface area contributed by atoms with Gasteiger partial charge in [-0.15, -0.1) is 11.3 Å². The molecule has 27 heavy (non-hydrogen) atoms. The second-order valence-electron chi connectivity index (χ2n) is 6.86. The minimum atomic E-state index is -0.0570. The summed E-state index contributed by atoms with van der Waals surface area (Å²) in [5.41, 5.74) is 6.25. The van der Waals surface area contributed by atoms with Crippen molar-refractivity contribution in [1.82, 2.24) is 4.57 Å². The third-order valence-electron chi connectivity index (χ3n) is 4.85. The number of benzene rings is 2. The molecule has 2 heterocycles. The molecule has 1 N–H and O–H groups in total. The van der Waals surface area contributed by atoms with Gasteiger partial charge in [-0.2, -0.15) is 0 Å². The maximum Gasteiger partial charge on any atom is 0.272 e. The highest BCUT2D eigenvalue weighted by atomic mass is 32.1. The number of nitrogens with zero attached hydrogens (tertiary/aromatic N) is 1. The van der Waals surface area contributed by atoms with Crippen molar-refractivity contribution in [2.24, 2.45) is 0 Å². The molecule has 2 aromatic heterocycles. The average molecular weight is 375 g/mol. The quantitative estimate of drug-likeness (QED) is 0.469. The predicted molar refractivity (Wildman–Crippen MR) is 114 cm³/mol. The van der Waals surface area contributed by atoms with Gasteiger partial charge < -0.3 is 9.88 Å². The molecule has 0 saturated carbocycles. The number of hydrogen-bond donors (Lipinski definition) is 1. The molecule has 0 atom stereocenters. The molecule has 0 spiro atoms. The minimum Gasteiger partial charge on any atom is -0.335 e. The van der Waals surface area contributed by atoms with Crippen molar-refractivity contribution in [3.8, 4) is 0 Å². The van der Waals surface area contributed by atoms with E-state index in [1.807, 2.05) is 31.2 Å². The van der Waals surface area contributed by atoms with Gasteiger partial charge >= 0.3 is 0 Å². The van der Waals surface area contributed by atoms with E-state index in [1.165, 1.54) is 11.1 Å². The van der Waals surface area contributed by atoms with E-state index < -0.39 is 0 Å². The Morgan fingerprint density at radius 3 is 2.63 bits per heavy atom. The molecule has 0 saturated heterocycles. The van der Waals surface area contributed by atoms with Crippen LogP contribution in [0, 0.1) is 13.8 Å². The van der Waals surface area contributed by atoms with Gasteiger partial charge in [-0.05, 0) is 55.0 Å². The largest absolute Gasteiger partial charge is 0.335 e. The number of hydrogen-bond acceptors (Lipinski definition) is 2. The lowest BCUT2D eigenvalue weighted by Crippen LogP contribution is -2.18.